The Morgan fingerprint density at radius 1 is 0.488 bits per heavy atom. The molecule has 0 spiro atoms. The molecule has 1 saturated heterocycles. The molecule has 0 radical (unpaired) electrons. The molecular formula is C34H36O6S. The number of rotatable bonds is 10. The second-order valence-electron chi connectivity index (χ2n) is 10.5. The van der Waals surface area contributed by atoms with Gasteiger partial charge in [-0.25, -0.2) is 8.42 Å². The molecule has 214 valence electrons. The molecule has 6 atom stereocenters. The Bertz CT molecular complexity index is 1340. The highest BCUT2D eigenvalue weighted by Gasteiger charge is 2.54. The minimum atomic E-state index is -4.04. The third-order valence-corrected chi connectivity index (χ3v) is 10.3. The summed E-state index contributed by atoms with van der Waals surface area (Å²) in [4.78, 5) is 0. The van der Waals surface area contributed by atoms with Crippen molar-refractivity contribution in [3.63, 3.8) is 0 Å². The van der Waals surface area contributed by atoms with E-state index in [1.807, 2.05) is 121 Å². The second kappa shape index (κ2) is 13.6. The zero-order valence-corrected chi connectivity index (χ0v) is 23.6. The van der Waals surface area contributed by atoms with Crippen LogP contribution in [-0.4, -0.2) is 53.5 Å². The van der Waals surface area contributed by atoms with Crippen LogP contribution >= 0.6 is 0 Å². The molecule has 0 saturated carbocycles. The number of aliphatic hydroxyl groups excluding tert-OH is 2. The first-order valence-corrected chi connectivity index (χ1v) is 15.5. The highest BCUT2D eigenvalue weighted by Crippen LogP contribution is 2.34. The fourth-order valence-electron chi connectivity index (χ4n) is 5.53. The van der Waals surface area contributed by atoms with Crippen LogP contribution in [0.2, 0.25) is 0 Å². The van der Waals surface area contributed by atoms with Crippen molar-refractivity contribution in [2.45, 2.75) is 61.0 Å². The van der Waals surface area contributed by atoms with E-state index >= 15 is 0 Å². The number of ether oxygens (including phenoxy) is 2. The summed E-state index contributed by atoms with van der Waals surface area (Å²) in [5.41, 5.74) is 3.29. The van der Waals surface area contributed by atoms with E-state index in [-0.39, 0.29) is 26.1 Å². The summed E-state index contributed by atoms with van der Waals surface area (Å²) in [5.74, 6) is 0. The summed E-state index contributed by atoms with van der Waals surface area (Å²) >= 11 is 0. The minimum absolute atomic E-state index is 0.0922. The normalized spacial score (nSPS) is 25.8. The fourth-order valence-corrected chi connectivity index (χ4v) is 8.05. The van der Waals surface area contributed by atoms with Crippen LogP contribution in [-0.2, 0) is 45.4 Å². The van der Waals surface area contributed by atoms with Crippen LogP contribution in [0.25, 0.3) is 0 Å². The van der Waals surface area contributed by atoms with Gasteiger partial charge in [0.2, 0.25) is 0 Å². The maximum atomic E-state index is 14.7. The average molecular weight is 573 g/mol. The number of benzene rings is 4. The van der Waals surface area contributed by atoms with Gasteiger partial charge in [-0.1, -0.05) is 121 Å². The average Bonchev–Trinajstić information content (AvgIpc) is 3.06. The maximum absolute atomic E-state index is 14.7. The standard InChI is InChI=1S/C34H36O6S/c35-31-32(36)34(40-24-28-19-11-4-12-20-28)30(22-26-15-7-2-8-16-26)41(37,38)29(21-25-13-5-1-6-14-25)33(31)39-23-27-17-9-3-10-18-27/h1-20,29-36H,21-24H2/t29-,30-,31-,32-,33+,34+/m1/s1. The van der Waals surface area contributed by atoms with Gasteiger partial charge in [0.1, 0.15) is 24.4 Å². The van der Waals surface area contributed by atoms with Gasteiger partial charge in [-0.2, -0.15) is 0 Å². The Kier molecular flexibility index (Phi) is 9.64. The number of sulfone groups is 1. The molecule has 1 fully saturated rings. The first-order valence-electron chi connectivity index (χ1n) is 13.9. The van der Waals surface area contributed by atoms with Gasteiger partial charge in [0.15, 0.2) is 9.84 Å². The maximum Gasteiger partial charge on any atom is 0.161 e. The Balaban J connectivity index is 1.55. The highest BCUT2D eigenvalue weighted by molar-refractivity contribution is 7.92. The molecule has 1 aliphatic rings. The summed E-state index contributed by atoms with van der Waals surface area (Å²) in [6.45, 7) is 0.184. The van der Waals surface area contributed by atoms with Crippen molar-refractivity contribution < 1.29 is 28.1 Å². The van der Waals surface area contributed by atoms with E-state index < -0.39 is 44.8 Å². The van der Waals surface area contributed by atoms with E-state index in [9.17, 15) is 18.6 Å². The molecule has 4 aromatic rings. The molecule has 4 aromatic carbocycles. The van der Waals surface area contributed by atoms with E-state index in [1.54, 1.807) is 0 Å². The fraction of sp³-hybridized carbons (Fsp3) is 0.294. The molecule has 41 heavy (non-hydrogen) atoms. The molecule has 7 heteroatoms. The smallest absolute Gasteiger partial charge is 0.161 e. The first kappa shape index (κ1) is 29.2. The van der Waals surface area contributed by atoms with Crippen LogP contribution in [0.1, 0.15) is 22.3 Å². The van der Waals surface area contributed by atoms with Crippen molar-refractivity contribution in [1.29, 1.82) is 0 Å². The Morgan fingerprint density at radius 2 is 0.780 bits per heavy atom. The van der Waals surface area contributed by atoms with E-state index in [4.69, 9.17) is 9.47 Å². The Labute approximate surface area is 242 Å². The van der Waals surface area contributed by atoms with Gasteiger partial charge in [-0.05, 0) is 35.1 Å². The van der Waals surface area contributed by atoms with Crippen molar-refractivity contribution in [2.75, 3.05) is 0 Å². The summed E-state index contributed by atoms with van der Waals surface area (Å²) in [6.07, 6.45) is -5.10. The molecule has 1 aliphatic heterocycles. The molecule has 2 N–H and O–H groups in total. The third-order valence-electron chi connectivity index (χ3n) is 7.73. The molecular weight excluding hydrogens is 536 g/mol. The van der Waals surface area contributed by atoms with Crippen molar-refractivity contribution in [3.8, 4) is 0 Å². The topological polar surface area (TPSA) is 93.1 Å². The monoisotopic (exact) mass is 572 g/mol. The lowest BCUT2D eigenvalue weighted by Crippen LogP contribution is -2.49. The SMILES string of the molecule is O=S1(=O)[C@H](Cc2ccccc2)[C@H](OCc2ccccc2)[C@H](O)[C@@H](O)[C@@H](OCc2ccccc2)[C@H]1Cc1ccccc1. The predicted molar refractivity (Wildman–Crippen MR) is 159 cm³/mol. The van der Waals surface area contributed by atoms with E-state index in [0.717, 1.165) is 22.3 Å². The molecule has 0 bridgehead atoms. The van der Waals surface area contributed by atoms with Crippen LogP contribution in [0.4, 0.5) is 0 Å². The van der Waals surface area contributed by atoms with Crippen molar-refractivity contribution in [3.05, 3.63) is 144 Å². The van der Waals surface area contributed by atoms with Gasteiger partial charge in [-0.3, -0.25) is 0 Å². The zero-order valence-electron chi connectivity index (χ0n) is 22.8. The predicted octanol–water partition coefficient (Wildman–Crippen LogP) is 4.53. The lowest BCUT2D eigenvalue weighted by atomic mass is 9.94. The largest absolute Gasteiger partial charge is 0.388 e. The molecule has 0 aromatic heterocycles. The number of hydrogen-bond acceptors (Lipinski definition) is 6. The summed E-state index contributed by atoms with van der Waals surface area (Å²) in [5, 5.41) is 21.0. The van der Waals surface area contributed by atoms with Gasteiger partial charge in [0.25, 0.3) is 0 Å². The molecule has 0 unspecified atom stereocenters. The van der Waals surface area contributed by atoms with Gasteiger partial charge in [0, 0.05) is 0 Å². The lowest BCUT2D eigenvalue weighted by Gasteiger charge is -2.30. The molecule has 0 aliphatic carbocycles. The molecule has 5 rings (SSSR count). The van der Waals surface area contributed by atoms with E-state index in [0.29, 0.717) is 0 Å². The third kappa shape index (κ3) is 7.12. The van der Waals surface area contributed by atoms with Crippen molar-refractivity contribution in [2.24, 2.45) is 0 Å². The van der Waals surface area contributed by atoms with Gasteiger partial charge in [-0.15, -0.1) is 0 Å². The first-order chi connectivity index (χ1) is 19.9. The van der Waals surface area contributed by atoms with E-state index in [2.05, 4.69) is 0 Å². The van der Waals surface area contributed by atoms with Gasteiger partial charge >= 0.3 is 0 Å². The zero-order chi connectivity index (χ0) is 28.7. The van der Waals surface area contributed by atoms with Crippen LogP contribution in [0.15, 0.2) is 121 Å². The highest BCUT2D eigenvalue weighted by atomic mass is 32.2. The molecule has 0 amide bonds. The Hall–Kier alpha value is -3.33. The second-order valence-corrected chi connectivity index (χ2v) is 12.9. The van der Waals surface area contributed by atoms with Crippen LogP contribution < -0.4 is 0 Å². The van der Waals surface area contributed by atoms with Gasteiger partial charge < -0.3 is 19.7 Å². The van der Waals surface area contributed by atoms with Crippen molar-refractivity contribution >= 4 is 9.84 Å². The number of hydrogen-bond donors (Lipinski definition) is 2. The van der Waals surface area contributed by atoms with E-state index in [1.165, 1.54) is 0 Å². The number of aliphatic hydroxyl groups is 2. The van der Waals surface area contributed by atoms with Gasteiger partial charge in [0.05, 0.1) is 23.7 Å². The summed E-state index contributed by atoms with van der Waals surface area (Å²) < 4.78 is 41.8. The summed E-state index contributed by atoms with van der Waals surface area (Å²) in [7, 11) is -4.04. The van der Waals surface area contributed by atoms with Crippen LogP contribution in [0.3, 0.4) is 0 Å². The molecule has 6 nitrogen and oxygen atoms in total. The van der Waals surface area contributed by atoms with Crippen LogP contribution in [0, 0.1) is 0 Å². The molecule has 1 heterocycles. The summed E-state index contributed by atoms with van der Waals surface area (Å²) in [6, 6.07) is 37.4. The lowest BCUT2D eigenvalue weighted by molar-refractivity contribution is -0.139. The minimum Gasteiger partial charge on any atom is -0.388 e. The quantitative estimate of drug-likeness (QED) is 0.290. The Morgan fingerprint density at radius 3 is 1.10 bits per heavy atom. The van der Waals surface area contributed by atoms with Crippen LogP contribution in [0.5, 0.6) is 0 Å². The van der Waals surface area contributed by atoms with Crippen molar-refractivity contribution in [1.82, 2.24) is 0 Å².